The molecule has 0 bridgehead atoms. The number of rotatable bonds is 5. The molecule has 1 aliphatic carbocycles. The van der Waals surface area contributed by atoms with Crippen LogP contribution in [0.5, 0.6) is 0 Å². The second-order valence-electron chi connectivity index (χ2n) is 6.36. The summed E-state index contributed by atoms with van der Waals surface area (Å²) in [6, 6.07) is -4.45. The molecule has 2 rings (SSSR count). The fourth-order valence-electron chi connectivity index (χ4n) is 2.32. The number of aromatic nitrogens is 2. The van der Waals surface area contributed by atoms with Gasteiger partial charge in [0.25, 0.3) is 0 Å². The van der Waals surface area contributed by atoms with Gasteiger partial charge in [-0.25, -0.2) is 9.97 Å². The van der Waals surface area contributed by atoms with Gasteiger partial charge < -0.3 is 10.6 Å². The average Bonchev–Trinajstić information content (AvgIpc) is 2.56. The zero-order chi connectivity index (χ0) is 21.3. The first kappa shape index (κ1) is 21.9. The number of anilines is 2. The van der Waals surface area contributed by atoms with Crippen LogP contribution in [-0.2, 0) is 4.79 Å². The van der Waals surface area contributed by atoms with Crippen LogP contribution >= 0.6 is 0 Å². The van der Waals surface area contributed by atoms with Crippen molar-refractivity contribution in [2.45, 2.75) is 57.5 Å². The third kappa shape index (κ3) is 5.32. The van der Waals surface area contributed by atoms with Gasteiger partial charge in [0.2, 0.25) is 5.82 Å². The monoisotopic (exact) mass is 414 g/mol. The van der Waals surface area contributed by atoms with Crippen LogP contribution in [0.1, 0.15) is 38.9 Å². The molecule has 28 heavy (non-hydrogen) atoms. The van der Waals surface area contributed by atoms with Crippen LogP contribution in [0, 0.1) is 5.82 Å². The van der Waals surface area contributed by atoms with Gasteiger partial charge in [0.1, 0.15) is 12.1 Å². The number of hydrogen-bond donors (Lipinski definition) is 2. The predicted molar refractivity (Wildman–Crippen MR) is 87.1 cm³/mol. The van der Waals surface area contributed by atoms with E-state index in [0.717, 1.165) is 6.08 Å². The molecule has 2 atom stereocenters. The lowest BCUT2D eigenvalue weighted by Gasteiger charge is -2.22. The van der Waals surface area contributed by atoms with Crippen LogP contribution in [0.2, 0.25) is 0 Å². The van der Waals surface area contributed by atoms with Crippen molar-refractivity contribution in [1.29, 1.82) is 0 Å². The maximum atomic E-state index is 14.5. The Kier molecular flexibility index (Phi) is 6.19. The van der Waals surface area contributed by atoms with E-state index in [2.05, 4.69) is 9.97 Å². The Balaban J connectivity index is 2.49. The van der Waals surface area contributed by atoms with Crippen molar-refractivity contribution in [1.82, 2.24) is 9.97 Å². The van der Waals surface area contributed by atoms with E-state index < -0.39 is 41.9 Å². The first-order chi connectivity index (χ1) is 12.8. The third-order valence-electron chi connectivity index (χ3n) is 4.03. The molecule has 0 saturated heterocycles. The summed E-state index contributed by atoms with van der Waals surface area (Å²) in [5, 5.41) is 3.62. The number of hydrogen-bond acceptors (Lipinski definition) is 5. The predicted octanol–water partition coefficient (Wildman–Crippen LogP) is 4.48. The molecule has 1 heterocycles. The highest BCUT2D eigenvalue weighted by Crippen LogP contribution is 2.31. The van der Waals surface area contributed by atoms with E-state index in [1.807, 2.05) is 10.6 Å². The van der Waals surface area contributed by atoms with Gasteiger partial charge in [-0.05, 0) is 32.8 Å². The Labute approximate surface area is 155 Å². The summed E-state index contributed by atoms with van der Waals surface area (Å²) in [6.07, 6.45) is -7.40. The number of allylic oxidation sites excluding steroid dienone is 2. The zero-order valence-corrected chi connectivity index (χ0v) is 14.8. The fourth-order valence-corrected chi connectivity index (χ4v) is 2.32. The number of carbonyl (C=O) groups excluding carboxylic acids is 1. The van der Waals surface area contributed by atoms with E-state index in [1.165, 1.54) is 0 Å². The molecule has 0 fully saturated rings. The average molecular weight is 414 g/mol. The SMILES string of the molecule is CC(Nc1nc(C2=CC(=O)CCC2)nc(NC(C)C(F)(F)F)c1F)C(F)(F)F. The van der Waals surface area contributed by atoms with Crippen LogP contribution in [0.3, 0.4) is 0 Å². The molecule has 0 saturated carbocycles. The van der Waals surface area contributed by atoms with Crippen molar-refractivity contribution >= 4 is 23.0 Å². The van der Waals surface area contributed by atoms with Gasteiger partial charge in [0.05, 0.1) is 0 Å². The van der Waals surface area contributed by atoms with E-state index in [0.29, 0.717) is 20.3 Å². The number of ketones is 1. The molecule has 0 amide bonds. The summed E-state index contributed by atoms with van der Waals surface area (Å²) < 4.78 is 91.3. The van der Waals surface area contributed by atoms with Crippen molar-refractivity contribution in [2.75, 3.05) is 10.6 Å². The second-order valence-corrected chi connectivity index (χ2v) is 6.36. The lowest BCUT2D eigenvalue weighted by molar-refractivity contribution is -0.139. The standard InChI is InChI=1S/C16H17F7N4O/c1-7(15(18,19)20)24-13-11(17)14(25-8(2)16(21,22)23)27-12(26-13)9-4-3-5-10(28)6-9/h6-8H,3-5H2,1-2H3,(H2,24,25,26,27). The second kappa shape index (κ2) is 7.92. The highest BCUT2D eigenvalue weighted by Gasteiger charge is 2.39. The summed E-state index contributed by atoms with van der Waals surface area (Å²) in [6.45, 7) is 1.41. The van der Waals surface area contributed by atoms with Crippen LogP contribution < -0.4 is 10.6 Å². The fraction of sp³-hybridized carbons (Fsp3) is 0.562. The molecule has 2 N–H and O–H groups in total. The summed E-state index contributed by atoms with van der Waals surface area (Å²) in [5.41, 5.74) is 0.210. The lowest BCUT2D eigenvalue weighted by atomic mass is 9.98. The van der Waals surface area contributed by atoms with Gasteiger partial charge in [-0.15, -0.1) is 0 Å². The number of nitrogens with one attached hydrogen (secondary N) is 2. The molecule has 12 heteroatoms. The Morgan fingerprint density at radius 2 is 1.39 bits per heavy atom. The van der Waals surface area contributed by atoms with Crippen molar-refractivity contribution < 1.29 is 35.5 Å². The van der Waals surface area contributed by atoms with E-state index >= 15 is 0 Å². The van der Waals surface area contributed by atoms with Gasteiger partial charge in [-0.3, -0.25) is 4.79 Å². The van der Waals surface area contributed by atoms with Crippen LogP contribution in [0.25, 0.3) is 5.57 Å². The molecule has 0 aromatic carbocycles. The molecule has 1 aliphatic rings. The molecule has 0 spiro atoms. The van der Waals surface area contributed by atoms with E-state index in [-0.39, 0.29) is 30.0 Å². The highest BCUT2D eigenvalue weighted by atomic mass is 19.4. The zero-order valence-electron chi connectivity index (χ0n) is 14.8. The first-order valence-corrected chi connectivity index (χ1v) is 8.27. The highest BCUT2D eigenvalue weighted by molar-refractivity contribution is 5.97. The van der Waals surface area contributed by atoms with Crippen LogP contribution in [-0.4, -0.2) is 40.2 Å². The summed E-state index contributed by atoms with van der Waals surface area (Å²) >= 11 is 0. The van der Waals surface area contributed by atoms with E-state index in [1.54, 1.807) is 0 Å². The summed E-state index contributed by atoms with van der Waals surface area (Å²) in [4.78, 5) is 18.9. The van der Waals surface area contributed by atoms with Crippen molar-refractivity contribution in [3.05, 3.63) is 17.7 Å². The van der Waals surface area contributed by atoms with Gasteiger partial charge in [-0.1, -0.05) is 0 Å². The molecule has 0 radical (unpaired) electrons. The Morgan fingerprint density at radius 3 is 1.79 bits per heavy atom. The smallest absolute Gasteiger partial charge is 0.356 e. The maximum Gasteiger partial charge on any atom is 0.408 e. The molecule has 5 nitrogen and oxygen atoms in total. The van der Waals surface area contributed by atoms with Gasteiger partial charge in [-0.2, -0.15) is 30.7 Å². The minimum absolute atomic E-state index is 0.210. The van der Waals surface area contributed by atoms with Crippen molar-refractivity contribution in [3.8, 4) is 0 Å². The summed E-state index contributed by atoms with van der Waals surface area (Å²) in [7, 11) is 0. The van der Waals surface area contributed by atoms with Gasteiger partial charge in [0.15, 0.2) is 23.2 Å². The molecular weight excluding hydrogens is 397 g/mol. The molecular formula is C16H17F7N4O. The molecule has 0 aliphatic heterocycles. The Bertz CT molecular complexity index is 730. The van der Waals surface area contributed by atoms with Crippen molar-refractivity contribution in [3.63, 3.8) is 0 Å². The normalized spacial score (nSPS) is 17.8. The number of alkyl halides is 6. The first-order valence-electron chi connectivity index (χ1n) is 8.27. The number of carbonyl (C=O) groups is 1. The third-order valence-corrected chi connectivity index (χ3v) is 4.03. The molecule has 1 aromatic rings. The molecule has 156 valence electrons. The lowest BCUT2D eigenvalue weighted by Crippen LogP contribution is -2.35. The topological polar surface area (TPSA) is 66.9 Å². The number of nitrogens with zero attached hydrogens (tertiary/aromatic N) is 2. The van der Waals surface area contributed by atoms with E-state index in [9.17, 15) is 35.5 Å². The number of halogens is 7. The van der Waals surface area contributed by atoms with Crippen molar-refractivity contribution in [2.24, 2.45) is 0 Å². The van der Waals surface area contributed by atoms with Gasteiger partial charge >= 0.3 is 12.4 Å². The Hall–Kier alpha value is -2.40. The largest absolute Gasteiger partial charge is 0.408 e. The maximum absolute atomic E-state index is 14.5. The summed E-state index contributed by atoms with van der Waals surface area (Å²) in [5.74, 6) is -3.91. The van der Waals surface area contributed by atoms with Crippen LogP contribution in [0.15, 0.2) is 6.08 Å². The Morgan fingerprint density at radius 1 is 0.929 bits per heavy atom. The van der Waals surface area contributed by atoms with E-state index in [4.69, 9.17) is 0 Å². The minimum atomic E-state index is -4.75. The molecule has 1 aromatic heterocycles. The molecule has 2 unspecified atom stereocenters. The minimum Gasteiger partial charge on any atom is -0.356 e. The van der Waals surface area contributed by atoms with Crippen LogP contribution in [0.4, 0.5) is 42.4 Å². The van der Waals surface area contributed by atoms with Gasteiger partial charge in [0, 0.05) is 12.0 Å². The quantitative estimate of drug-likeness (QED) is 0.696.